The van der Waals surface area contributed by atoms with Crippen molar-refractivity contribution in [1.82, 2.24) is 0 Å². The molecule has 3 rings (SSSR count). The number of benzene rings is 2. The van der Waals surface area contributed by atoms with Crippen molar-refractivity contribution in [1.29, 1.82) is 0 Å². The molecule has 1 aromatic heterocycles. The van der Waals surface area contributed by atoms with Gasteiger partial charge in [-0.1, -0.05) is 47.5 Å². The fraction of sp³-hybridized carbons (Fsp3) is 0.0556. The fourth-order valence-corrected chi connectivity index (χ4v) is 5.25. The predicted molar refractivity (Wildman–Crippen MR) is 108 cm³/mol. The van der Waals surface area contributed by atoms with Gasteiger partial charge in [0.05, 0.1) is 17.7 Å². The zero-order valence-corrected chi connectivity index (χ0v) is 17.0. The summed E-state index contributed by atoms with van der Waals surface area (Å²) < 4.78 is 32.2. The average molecular weight is 442 g/mol. The minimum atomic E-state index is -3.76. The Morgan fingerprint density at radius 2 is 1.56 bits per heavy atom. The van der Waals surface area contributed by atoms with Gasteiger partial charge in [0.15, 0.2) is 0 Å². The zero-order chi connectivity index (χ0) is 19.6. The summed E-state index contributed by atoms with van der Waals surface area (Å²) in [5.74, 6) is -0.403. The van der Waals surface area contributed by atoms with Crippen LogP contribution in [0.4, 0.5) is 5.69 Å². The molecule has 2 aromatic carbocycles. The Bertz CT molecular complexity index is 1060. The van der Waals surface area contributed by atoms with E-state index in [0.29, 0.717) is 11.3 Å². The molecule has 0 radical (unpaired) electrons. The molecule has 27 heavy (non-hydrogen) atoms. The maximum Gasteiger partial charge on any atom is 0.337 e. The van der Waals surface area contributed by atoms with Crippen LogP contribution >= 0.6 is 34.5 Å². The van der Waals surface area contributed by atoms with Gasteiger partial charge in [-0.2, -0.15) is 0 Å². The van der Waals surface area contributed by atoms with Gasteiger partial charge in [-0.15, -0.1) is 11.3 Å². The number of halogens is 2. The van der Waals surface area contributed by atoms with Crippen molar-refractivity contribution in [2.45, 2.75) is 4.21 Å². The van der Waals surface area contributed by atoms with Crippen LogP contribution in [-0.2, 0) is 14.8 Å². The molecule has 0 bridgehead atoms. The molecule has 0 unspecified atom stereocenters. The van der Waals surface area contributed by atoms with E-state index < -0.39 is 16.0 Å². The lowest BCUT2D eigenvalue weighted by Crippen LogP contribution is -2.11. The number of carbonyl (C=O) groups is 1. The van der Waals surface area contributed by atoms with E-state index in [2.05, 4.69) is 9.46 Å². The first-order valence-electron chi connectivity index (χ1n) is 7.56. The van der Waals surface area contributed by atoms with Crippen LogP contribution in [0.1, 0.15) is 10.4 Å². The SMILES string of the molecule is COC(=O)c1ccc(-c2ccc(NS(=O)(=O)c3cc(Cl)c(Cl)s3)cc2)cc1. The van der Waals surface area contributed by atoms with E-state index in [1.165, 1.54) is 13.2 Å². The van der Waals surface area contributed by atoms with Gasteiger partial charge in [0.1, 0.15) is 8.55 Å². The quantitative estimate of drug-likeness (QED) is 0.544. The highest BCUT2D eigenvalue weighted by atomic mass is 35.5. The number of carbonyl (C=O) groups excluding carboxylic acids is 1. The van der Waals surface area contributed by atoms with Crippen LogP contribution in [0.25, 0.3) is 11.1 Å². The lowest BCUT2D eigenvalue weighted by molar-refractivity contribution is 0.0600. The normalized spacial score (nSPS) is 11.2. The molecule has 9 heteroatoms. The van der Waals surface area contributed by atoms with Crippen LogP contribution in [-0.4, -0.2) is 21.5 Å². The van der Waals surface area contributed by atoms with Gasteiger partial charge in [-0.3, -0.25) is 4.72 Å². The average Bonchev–Trinajstić information content (AvgIpc) is 3.01. The molecular formula is C18H13Cl2NO4S2. The minimum absolute atomic E-state index is 0.0416. The van der Waals surface area contributed by atoms with Crippen LogP contribution < -0.4 is 4.72 Å². The molecular weight excluding hydrogens is 429 g/mol. The highest BCUT2D eigenvalue weighted by Crippen LogP contribution is 2.35. The summed E-state index contributed by atoms with van der Waals surface area (Å²) in [6.07, 6.45) is 0. The zero-order valence-electron chi connectivity index (χ0n) is 13.9. The number of hydrogen-bond donors (Lipinski definition) is 1. The van der Waals surface area contributed by atoms with Crippen molar-refractivity contribution >= 4 is 56.2 Å². The van der Waals surface area contributed by atoms with Crippen molar-refractivity contribution in [2.75, 3.05) is 11.8 Å². The lowest BCUT2D eigenvalue weighted by atomic mass is 10.0. The maximum atomic E-state index is 12.4. The van der Waals surface area contributed by atoms with Crippen molar-refractivity contribution < 1.29 is 17.9 Å². The second kappa shape index (κ2) is 7.90. The standard InChI is InChI=1S/C18H13Cl2NO4S2/c1-25-18(22)13-4-2-11(3-5-13)12-6-8-14(9-7-12)21-27(23,24)16-10-15(19)17(20)26-16/h2-10,21H,1H3. The van der Waals surface area contributed by atoms with Gasteiger partial charge in [-0.05, 0) is 41.5 Å². The molecule has 0 amide bonds. The van der Waals surface area contributed by atoms with Crippen molar-refractivity contribution in [3.63, 3.8) is 0 Å². The maximum absolute atomic E-state index is 12.4. The van der Waals surface area contributed by atoms with E-state index in [1.54, 1.807) is 48.5 Å². The van der Waals surface area contributed by atoms with E-state index in [4.69, 9.17) is 23.2 Å². The smallest absolute Gasteiger partial charge is 0.337 e. The first-order chi connectivity index (χ1) is 12.8. The Hall–Kier alpha value is -2.06. The summed E-state index contributed by atoms with van der Waals surface area (Å²) in [4.78, 5) is 11.5. The van der Waals surface area contributed by atoms with Crippen molar-refractivity contribution in [3.8, 4) is 11.1 Å². The second-order valence-corrected chi connectivity index (χ2v) is 9.41. The molecule has 0 saturated heterocycles. The highest BCUT2D eigenvalue weighted by molar-refractivity contribution is 7.94. The third-order valence-corrected chi connectivity index (χ3v) is 7.38. The Morgan fingerprint density at radius 3 is 2.04 bits per heavy atom. The first-order valence-corrected chi connectivity index (χ1v) is 10.6. The summed E-state index contributed by atoms with van der Waals surface area (Å²) in [5, 5.41) is 0.202. The number of methoxy groups -OCH3 is 1. The molecule has 0 spiro atoms. The molecule has 5 nitrogen and oxygen atoms in total. The molecule has 0 aliphatic heterocycles. The fourth-order valence-electron chi connectivity index (χ4n) is 2.31. The number of hydrogen-bond acceptors (Lipinski definition) is 5. The monoisotopic (exact) mass is 441 g/mol. The van der Waals surface area contributed by atoms with Crippen LogP contribution in [0, 0.1) is 0 Å². The van der Waals surface area contributed by atoms with Crippen LogP contribution in [0.15, 0.2) is 58.8 Å². The van der Waals surface area contributed by atoms with E-state index >= 15 is 0 Å². The van der Waals surface area contributed by atoms with Crippen LogP contribution in [0.2, 0.25) is 9.36 Å². The molecule has 0 atom stereocenters. The van der Waals surface area contributed by atoms with E-state index in [-0.39, 0.29) is 13.6 Å². The van der Waals surface area contributed by atoms with Gasteiger partial charge in [-0.25, -0.2) is 13.2 Å². The topological polar surface area (TPSA) is 72.5 Å². The number of esters is 1. The van der Waals surface area contributed by atoms with Crippen molar-refractivity contribution in [2.24, 2.45) is 0 Å². The summed E-state index contributed by atoms with van der Waals surface area (Å²) in [6, 6.07) is 15.1. The highest BCUT2D eigenvalue weighted by Gasteiger charge is 2.19. The number of anilines is 1. The van der Waals surface area contributed by atoms with E-state index in [0.717, 1.165) is 22.5 Å². The number of thiophene rings is 1. The Morgan fingerprint density at radius 1 is 1.00 bits per heavy atom. The summed E-state index contributed by atoms with van der Waals surface area (Å²) in [6.45, 7) is 0. The number of nitrogens with one attached hydrogen (secondary N) is 1. The van der Waals surface area contributed by atoms with E-state index in [1.807, 2.05) is 0 Å². The van der Waals surface area contributed by atoms with Gasteiger partial charge in [0, 0.05) is 5.69 Å². The van der Waals surface area contributed by atoms with Gasteiger partial charge in [0.25, 0.3) is 10.0 Å². The molecule has 0 aliphatic rings. The first kappa shape index (κ1) is 19.7. The van der Waals surface area contributed by atoms with Crippen LogP contribution in [0.5, 0.6) is 0 Å². The van der Waals surface area contributed by atoms with Gasteiger partial charge >= 0.3 is 5.97 Å². The van der Waals surface area contributed by atoms with Crippen molar-refractivity contribution in [3.05, 3.63) is 69.5 Å². The number of rotatable bonds is 5. The minimum Gasteiger partial charge on any atom is -0.465 e. The third-order valence-electron chi connectivity index (χ3n) is 3.66. The van der Waals surface area contributed by atoms with Gasteiger partial charge < -0.3 is 4.74 Å². The van der Waals surface area contributed by atoms with E-state index in [9.17, 15) is 13.2 Å². The molecule has 0 saturated carbocycles. The molecule has 0 fully saturated rings. The summed E-state index contributed by atoms with van der Waals surface area (Å²) in [5.41, 5.74) is 2.62. The molecule has 140 valence electrons. The molecule has 0 aliphatic carbocycles. The Balaban J connectivity index is 1.78. The number of sulfonamides is 1. The third kappa shape index (κ3) is 4.44. The molecule has 1 N–H and O–H groups in total. The largest absolute Gasteiger partial charge is 0.465 e. The molecule has 3 aromatic rings. The summed E-state index contributed by atoms with van der Waals surface area (Å²) >= 11 is 12.5. The predicted octanol–water partition coefficient (Wildman–Crippen LogP) is 5.31. The lowest BCUT2D eigenvalue weighted by Gasteiger charge is -2.08. The number of ether oxygens (including phenoxy) is 1. The Kier molecular flexibility index (Phi) is 5.76. The Labute approximate surface area is 170 Å². The van der Waals surface area contributed by atoms with Gasteiger partial charge in [0.2, 0.25) is 0 Å². The summed E-state index contributed by atoms with van der Waals surface area (Å²) in [7, 11) is -2.43. The second-order valence-electron chi connectivity index (χ2n) is 5.44. The van der Waals surface area contributed by atoms with Crippen LogP contribution in [0.3, 0.4) is 0 Å². The molecule has 1 heterocycles.